The zero-order valence-corrected chi connectivity index (χ0v) is 16.7. The molecule has 3 rings (SSSR count). The lowest BCUT2D eigenvalue weighted by Gasteiger charge is -2.26. The Morgan fingerprint density at radius 2 is 1.72 bits per heavy atom. The van der Waals surface area contributed by atoms with Crippen LogP contribution in [-0.4, -0.2) is 37.4 Å². The van der Waals surface area contributed by atoms with Gasteiger partial charge in [-0.25, -0.2) is 4.39 Å². The van der Waals surface area contributed by atoms with Crippen molar-refractivity contribution in [2.75, 3.05) is 26.0 Å². The summed E-state index contributed by atoms with van der Waals surface area (Å²) in [4.78, 5) is 26.5. The topological polar surface area (TPSA) is 61.4 Å². The van der Waals surface area contributed by atoms with Gasteiger partial charge in [0.1, 0.15) is 5.82 Å². The highest BCUT2D eigenvalue weighted by atomic mass is 19.1. The summed E-state index contributed by atoms with van der Waals surface area (Å²) in [6.45, 7) is 1.89. The third-order valence-corrected chi connectivity index (χ3v) is 4.90. The molecule has 6 heteroatoms. The predicted molar refractivity (Wildman–Crippen MR) is 113 cm³/mol. The number of nitrogens with zero attached hydrogens (tertiary/aromatic N) is 1. The van der Waals surface area contributed by atoms with E-state index in [1.54, 1.807) is 19.1 Å². The molecule has 0 aliphatic rings. The molecule has 5 nitrogen and oxygen atoms in total. The normalized spacial score (nSPS) is 12.0. The van der Waals surface area contributed by atoms with Gasteiger partial charge in [0.2, 0.25) is 0 Å². The fourth-order valence-electron chi connectivity index (χ4n) is 3.24. The maximum atomic E-state index is 13.6. The SMILES string of the molecule is Cc1ccc(NC(=O)C(=O)NC[C@H](c2cccc3ccccc23)N(C)C)cc1F. The second-order valence-electron chi connectivity index (χ2n) is 7.18. The maximum Gasteiger partial charge on any atom is 0.313 e. The highest BCUT2D eigenvalue weighted by Crippen LogP contribution is 2.26. The number of carbonyl (C=O) groups excluding carboxylic acids is 2. The Bertz CT molecular complexity index is 1040. The van der Waals surface area contributed by atoms with Crippen LogP contribution < -0.4 is 10.6 Å². The highest BCUT2D eigenvalue weighted by Gasteiger charge is 2.20. The number of nitrogens with one attached hydrogen (secondary N) is 2. The molecule has 0 saturated carbocycles. The van der Waals surface area contributed by atoms with Crippen molar-refractivity contribution >= 4 is 28.3 Å². The average molecular weight is 393 g/mol. The quantitative estimate of drug-likeness (QED) is 0.651. The van der Waals surface area contributed by atoms with Gasteiger partial charge in [0, 0.05) is 12.2 Å². The zero-order valence-electron chi connectivity index (χ0n) is 16.7. The molecular formula is C23H24FN3O2. The second kappa shape index (κ2) is 8.84. The number of halogens is 1. The Kier molecular flexibility index (Phi) is 6.24. The zero-order chi connectivity index (χ0) is 21.0. The molecular weight excluding hydrogens is 369 g/mol. The van der Waals surface area contributed by atoms with Gasteiger partial charge in [-0.2, -0.15) is 0 Å². The molecule has 3 aromatic carbocycles. The van der Waals surface area contributed by atoms with Crippen LogP contribution in [0.3, 0.4) is 0 Å². The Morgan fingerprint density at radius 3 is 2.45 bits per heavy atom. The van der Waals surface area contributed by atoms with Gasteiger partial charge < -0.3 is 15.5 Å². The number of fused-ring (bicyclic) bond motifs is 1. The lowest BCUT2D eigenvalue weighted by Crippen LogP contribution is -2.40. The number of benzene rings is 3. The number of aryl methyl sites for hydroxylation is 1. The van der Waals surface area contributed by atoms with Crippen LogP contribution in [0, 0.1) is 12.7 Å². The van der Waals surface area contributed by atoms with Gasteiger partial charge in [0.15, 0.2) is 0 Å². The number of carbonyl (C=O) groups is 2. The number of hydrogen-bond donors (Lipinski definition) is 2. The molecule has 0 heterocycles. The van der Waals surface area contributed by atoms with E-state index in [-0.39, 0.29) is 18.3 Å². The average Bonchev–Trinajstić information content (AvgIpc) is 2.70. The van der Waals surface area contributed by atoms with E-state index in [1.165, 1.54) is 6.07 Å². The van der Waals surface area contributed by atoms with Gasteiger partial charge in [0.05, 0.1) is 6.04 Å². The van der Waals surface area contributed by atoms with Crippen LogP contribution in [0.4, 0.5) is 10.1 Å². The molecule has 2 amide bonds. The summed E-state index contributed by atoms with van der Waals surface area (Å²) < 4.78 is 13.6. The Labute approximate surface area is 169 Å². The van der Waals surface area contributed by atoms with Crippen LogP contribution in [0.15, 0.2) is 60.7 Å². The fourth-order valence-corrected chi connectivity index (χ4v) is 3.24. The van der Waals surface area contributed by atoms with Crippen molar-refractivity contribution in [1.29, 1.82) is 0 Å². The molecule has 0 aromatic heterocycles. The molecule has 0 fully saturated rings. The summed E-state index contributed by atoms with van der Waals surface area (Å²) in [5, 5.41) is 7.33. The van der Waals surface area contributed by atoms with Crippen LogP contribution in [0.25, 0.3) is 10.8 Å². The molecule has 0 aliphatic carbocycles. The van der Waals surface area contributed by atoms with Gasteiger partial charge in [-0.15, -0.1) is 0 Å². The monoisotopic (exact) mass is 393 g/mol. The standard InChI is InChI=1S/C23H24FN3O2/c1-15-11-12-17(13-20(15)24)26-23(29)22(28)25-14-21(27(2)3)19-10-6-8-16-7-4-5-9-18(16)19/h4-13,21H,14H2,1-3H3,(H,25,28)(H,26,29)/t21-/m1/s1. The number of likely N-dealkylation sites (N-methyl/N-ethyl adjacent to an activating group) is 1. The van der Waals surface area contributed by atoms with Crippen LogP contribution >= 0.6 is 0 Å². The Balaban J connectivity index is 1.70. The Hall–Kier alpha value is -3.25. The van der Waals surface area contributed by atoms with E-state index >= 15 is 0 Å². The minimum atomic E-state index is -0.830. The first-order chi connectivity index (χ1) is 13.9. The largest absolute Gasteiger partial charge is 0.346 e. The van der Waals surface area contributed by atoms with Crippen molar-refractivity contribution in [2.45, 2.75) is 13.0 Å². The molecule has 3 aromatic rings. The van der Waals surface area contributed by atoms with E-state index in [0.29, 0.717) is 5.56 Å². The molecule has 0 spiro atoms. The van der Waals surface area contributed by atoms with Gasteiger partial charge in [-0.05, 0) is 55.1 Å². The van der Waals surface area contributed by atoms with E-state index in [0.717, 1.165) is 16.3 Å². The molecule has 0 aliphatic heterocycles. The molecule has 29 heavy (non-hydrogen) atoms. The first-order valence-electron chi connectivity index (χ1n) is 9.36. The summed E-state index contributed by atoms with van der Waals surface area (Å²) >= 11 is 0. The first kappa shape index (κ1) is 20.5. The van der Waals surface area contributed by atoms with E-state index in [9.17, 15) is 14.0 Å². The van der Waals surface area contributed by atoms with E-state index in [2.05, 4.69) is 10.6 Å². The summed E-state index contributed by atoms with van der Waals surface area (Å²) in [6.07, 6.45) is 0. The summed E-state index contributed by atoms with van der Waals surface area (Å²) in [6, 6.07) is 18.3. The minimum absolute atomic E-state index is 0.116. The van der Waals surface area contributed by atoms with Gasteiger partial charge in [-0.1, -0.05) is 48.5 Å². The number of hydrogen-bond acceptors (Lipinski definition) is 3. The van der Waals surface area contributed by atoms with Crippen LogP contribution in [0.2, 0.25) is 0 Å². The van der Waals surface area contributed by atoms with Crippen molar-refractivity contribution in [3.63, 3.8) is 0 Å². The van der Waals surface area contributed by atoms with Crippen molar-refractivity contribution in [1.82, 2.24) is 10.2 Å². The molecule has 2 N–H and O–H groups in total. The fraction of sp³-hybridized carbons (Fsp3) is 0.217. The number of rotatable bonds is 5. The molecule has 0 saturated heterocycles. The highest BCUT2D eigenvalue weighted by molar-refractivity contribution is 6.39. The van der Waals surface area contributed by atoms with Crippen molar-refractivity contribution in [3.05, 3.63) is 77.6 Å². The third kappa shape index (κ3) is 4.78. The second-order valence-corrected chi connectivity index (χ2v) is 7.18. The van der Waals surface area contributed by atoms with E-state index in [4.69, 9.17) is 0 Å². The van der Waals surface area contributed by atoms with Crippen molar-refractivity contribution in [2.24, 2.45) is 0 Å². The van der Waals surface area contributed by atoms with Crippen LogP contribution in [-0.2, 0) is 9.59 Å². The molecule has 0 bridgehead atoms. The number of anilines is 1. The predicted octanol–water partition coefficient (Wildman–Crippen LogP) is 3.64. The first-order valence-corrected chi connectivity index (χ1v) is 9.36. The minimum Gasteiger partial charge on any atom is -0.346 e. The molecule has 0 unspecified atom stereocenters. The summed E-state index contributed by atoms with van der Waals surface area (Å²) in [7, 11) is 3.85. The lowest BCUT2D eigenvalue weighted by molar-refractivity contribution is -0.136. The summed E-state index contributed by atoms with van der Waals surface area (Å²) in [5.74, 6) is -2.03. The van der Waals surface area contributed by atoms with E-state index in [1.807, 2.05) is 61.5 Å². The van der Waals surface area contributed by atoms with Gasteiger partial charge >= 0.3 is 11.8 Å². The van der Waals surface area contributed by atoms with Crippen LogP contribution in [0.1, 0.15) is 17.2 Å². The van der Waals surface area contributed by atoms with Crippen LogP contribution in [0.5, 0.6) is 0 Å². The van der Waals surface area contributed by atoms with Gasteiger partial charge in [0.25, 0.3) is 0 Å². The smallest absolute Gasteiger partial charge is 0.313 e. The molecule has 1 atom stereocenters. The van der Waals surface area contributed by atoms with Crippen molar-refractivity contribution < 1.29 is 14.0 Å². The van der Waals surface area contributed by atoms with Gasteiger partial charge in [-0.3, -0.25) is 9.59 Å². The summed E-state index contributed by atoms with van der Waals surface area (Å²) in [5.41, 5.74) is 1.78. The Morgan fingerprint density at radius 1 is 1.00 bits per heavy atom. The van der Waals surface area contributed by atoms with Crippen molar-refractivity contribution in [3.8, 4) is 0 Å². The molecule has 150 valence electrons. The number of amides is 2. The maximum absolute atomic E-state index is 13.6. The molecule has 0 radical (unpaired) electrons. The third-order valence-electron chi connectivity index (χ3n) is 4.90. The lowest BCUT2D eigenvalue weighted by atomic mass is 9.98. The van der Waals surface area contributed by atoms with E-state index < -0.39 is 17.6 Å².